The Kier molecular flexibility index (Phi) is 5.17. The van der Waals surface area contributed by atoms with E-state index in [1.807, 2.05) is 20.8 Å². The normalized spacial score (nSPS) is 26.1. The van der Waals surface area contributed by atoms with E-state index >= 15 is 0 Å². The maximum absolute atomic E-state index is 11.6. The summed E-state index contributed by atoms with van der Waals surface area (Å²) in [5, 5.41) is 9.38. The number of likely N-dealkylation sites (tertiary alicyclic amines) is 1. The average Bonchev–Trinajstić information content (AvgIpc) is 2.24. The SMILES string of the molecule is CC1(CO)CCCN(CCC(=O)OC(C)(C)C)C1. The molecule has 1 unspecified atom stereocenters. The number of carbonyl (C=O) groups excluding carboxylic acids is 1. The summed E-state index contributed by atoms with van der Waals surface area (Å²) in [7, 11) is 0. The van der Waals surface area contributed by atoms with Crippen LogP contribution in [0.25, 0.3) is 0 Å². The summed E-state index contributed by atoms with van der Waals surface area (Å²) >= 11 is 0. The second-order valence-electron chi connectivity index (χ2n) is 6.68. The molecule has 1 aliphatic rings. The molecule has 0 aromatic heterocycles. The first-order valence-corrected chi connectivity index (χ1v) is 6.79. The summed E-state index contributed by atoms with van der Waals surface area (Å²) < 4.78 is 5.29. The van der Waals surface area contributed by atoms with Crippen molar-refractivity contribution >= 4 is 5.97 Å². The topological polar surface area (TPSA) is 49.8 Å². The highest BCUT2D eigenvalue weighted by molar-refractivity contribution is 5.70. The lowest BCUT2D eigenvalue weighted by Gasteiger charge is -2.39. The molecule has 1 N–H and O–H groups in total. The Morgan fingerprint density at radius 2 is 2.11 bits per heavy atom. The average molecular weight is 257 g/mol. The molecule has 1 heterocycles. The molecule has 0 radical (unpaired) electrons. The molecule has 0 aromatic carbocycles. The van der Waals surface area contributed by atoms with Crippen LogP contribution in [0.5, 0.6) is 0 Å². The van der Waals surface area contributed by atoms with Gasteiger partial charge >= 0.3 is 5.97 Å². The molecule has 0 bridgehead atoms. The second kappa shape index (κ2) is 6.02. The summed E-state index contributed by atoms with van der Waals surface area (Å²) in [5.41, 5.74) is -0.412. The van der Waals surface area contributed by atoms with E-state index in [2.05, 4.69) is 11.8 Å². The van der Waals surface area contributed by atoms with Crippen LogP contribution in [0.4, 0.5) is 0 Å². The Morgan fingerprint density at radius 3 is 2.67 bits per heavy atom. The predicted molar refractivity (Wildman–Crippen MR) is 71.3 cm³/mol. The van der Waals surface area contributed by atoms with Crippen LogP contribution in [0.1, 0.15) is 47.0 Å². The number of hydrogen-bond acceptors (Lipinski definition) is 4. The van der Waals surface area contributed by atoms with Crippen LogP contribution >= 0.6 is 0 Å². The molecule has 1 rings (SSSR count). The van der Waals surface area contributed by atoms with Gasteiger partial charge in [0.2, 0.25) is 0 Å². The van der Waals surface area contributed by atoms with Crippen molar-refractivity contribution in [1.29, 1.82) is 0 Å². The minimum Gasteiger partial charge on any atom is -0.460 e. The van der Waals surface area contributed by atoms with Gasteiger partial charge in [-0.25, -0.2) is 0 Å². The van der Waals surface area contributed by atoms with Crippen molar-refractivity contribution in [3.63, 3.8) is 0 Å². The molecule has 1 fully saturated rings. The standard InChI is InChI=1S/C14H27NO3/c1-13(2,3)18-12(17)6-9-15-8-5-7-14(4,10-15)11-16/h16H,5-11H2,1-4H3. The van der Waals surface area contributed by atoms with E-state index in [1.165, 1.54) is 0 Å². The first-order chi connectivity index (χ1) is 8.24. The maximum atomic E-state index is 11.6. The van der Waals surface area contributed by atoms with Gasteiger partial charge in [-0.3, -0.25) is 4.79 Å². The molecular formula is C14H27NO3. The lowest BCUT2D eigenvalue weighted by Crippen LogP contribution is -2.44. The van der Waals surface area contributed by atoms with Gasteiger partial charge in [-0.1, -0.05) is 6.92 Å². The lowest BCUT2D eigenvalue weighted by molar-refractivity contribution is -0.155. The molecule has 18 heavy (non-hydrogen) atoms. The molecular weight excluding hydrogens is 230 g/mol. The van der Waals surface area contributed by atoms with Crippen LogP contribution in [0.15, 0.2) is 0 Å². The molecule has 0 amide bonds. The third-order valence-electron chi connectivity index (χ3n) is 3.29. The van der Waals surface area contributed by atoms with E-state index < -0.39 is 5.60 Å². The number of nitrogens with zero attached hydrogens (tertiary/aromatic N) is 1. The molecule has 0 aromatic rings. The van der Waals surface area contributed by atoms with Gasteiger partial charge in [0.25, 0.3) is 0 Å². The summed E-state index contributed by atoms with van der Waals surface area (Å²) in [5.74, 6) is -0.140. The van der Waals surface area contributed by atoms with Gasteiger partial charge < -0.3 is 14.7 Å². The van der Waals surface area contributed by atoms with Crippen LogP contribution in [-0.2, 0) is 9.53 Å². The maximum Gasteiger partial charge on any atom is 0.307 e. The minimum atomic E-state index is -0.404. The fourth-order valence-corrected chi connectivity index (χ4v) is 2.39. The number of aliphatic hydroxyl groups excluding tert-OH is 1. The van der Waals surface area contributed by atoms with Crippen LogP contribution in [0.3, 0.4) is 0 Å². The highest BCUT2D eigenvalue weighted by Crippen LogP contribution is 2.28. The Balaban J connectivity index is 2.33. The fraction of sp³-hybridized carbons (Fsp3) is 0.929. The Morgan fingerprint density at radius 1 is 1.44 bits per heavy atom. The van der Waals surface area contributed by atoms with Crippen molar-refractivity contribution in [3.8, 4) is 0 Å². The molecule has 106 valence electrons. The first kappa shape index (κ1) is 15.4. The molecule has 1 saturated heterocycles. The Hall–Kier alpha value is -0.610. The van der Waals surface area contributed by atoms with Gasteiger partial charge in [0.1, 0.15) is 5.60 Å². The van der Waals surface area contributed by atoms with E-state index in [-0.39, 0.29) is 18.0 Å². The first-order valence-electron chi connectivity index (χ1n) is 6.79. The molecule has 0 spiro atoms. The van der Waals surface area contributed by atoms with E-state index in [0.717, 1.165) is 32.5 Å². The van der Waals surface area contributed by atoms with Gasteiger partial charge in [-0.2, -0.15) is 0 Å². The monoisotopic (exact) mass is 257 g/mol. The zero-order valence-electron chi connectivity index (χ0n) is 12.2. The minimum absolute atomic E-state index is 0.00776. The number of aliphatic hydroxyl groups is 1. The summed E-state index contributed by atoms with van der Waals surface area (Å²) in [6.45, 7) is 10.6. The zero-order chi connectivity index (χ0) is 13.8. The third-order valence-corrected chi connectivity index (χ3v) is 3.29. The van der Waals surface area contributed by atoms with Gasteiger partial charge in [-0.15, -0.1) is 0 Å². The quantitative estimate of drug-likeness (QED) is 0.780. The van der Waals surface area contributed by atoms with Gasteiger partial charge in [0.05, 0.1) is 6.42 Å². The van der Waals surface area contributed by atoms with E-state index in [4.69, 9.17) is 4.74 Å². The summed E-state index contributed by atoms with van der Waals surface area (Å²) in [6.07, 6.45) is 2.58. The highest BCUT2D eigenvalue weighted by Gasteiger charge is 2.30. The van der Waals surface area contributed by atoms with E-state index in [9.17, 15) is 9.90 Å². The van der Waals surface area contributed by atoms with Gasteiger partial charge in [0.15, 0.2) is 0 Å². The van der Waals surface area contributed by atoms with Gasteiger partial charge in [0, 0.05) is 25.1 Å². The van der Waals surface area contributed by atoms with Crippen molar-refractivity contribution in [1.82, 2.24) is 4.90 Å². The Bertz CT molecular complexity index is 285. The van der Waals surface area contributed by atoms with Crippen LogP contribution in [0, 0.1) is 5.41 Å². The van der Waals surface area contributed by atoms with Crippen molar-refractivity contribution in [2.45, 2.75) is 52.6 Å². The molecule has 4 nitrogen and oxygen atoms in total. The molecule has 4 heteroatoms. The molecule has 1 aliphatic heterocycles. The number of hydrogen-bond donors (Lipinski definition) is 1. The number of esters is 1. The van der Waals surface area contributed by atoms with Crippen molar-refractivity contribution in [2.24, 2.45) is 5.41 Å². The number of piperidine rings is 1. The van der Waals surface area contributed by atoms with E-state index in [0.29, 0.717) is 6.42 Å². The van der Waals surface area contributed by atoms with Crippen LogP contribution in [-0.4, -0.2) is 47.8 Å². The number of rotatable bonds is 4. The zero-order valence-corrected chi connectivity index (χ0v) is 12.2. The third kappa shape index (κ3) is 5.36. The molecule has 0 aliphatic carbocycles. The Labute approximate surface area is 110 Å². The van der Waals surface area contributed by atoms with Crippen molar-refractivity contribution in [3.05, 3.63) is 0 Å². The molecule has 0 saturated carbocycles. The fourth-order valence-electron chi connectivity index (χ4n) is 2.39. The summed E-state index contributed by atoms with van der Waals surface area (Å²) in [6, 6.07) is 0. The van der Waals surface area contributed by atoms with Crippen molar-refractivity contribution in [2.75, 3.05) is 26.2 Å². The largest absolute Gasteiger partial charge is 0.460 e. The van der Waals surface area contributed by atoms with E-state index in [1.54, 1.807) is 0 Å². The summed E-state index contributed by atoms with van der Waals surface area (Å²) in [4.78, 5) is 13.9. The van der Waals surface area contributed by atoms with Gasteiger partial charge in [-0.05, 0) is 40.2 Å². The number of carbonyl (C=O) groups is 1. The highest BCUT2D eigenvalue weighted by atomic mass is 16.6. The molecule has 1 atom stereocenters. The van der Waals surface area contributed by atoms with Crippen LogP contribution in [0.2, 0.25) is 0 Å². The van der Waals surface area contributed by atoms with Crippen LogP contribution < -0.4 is 0 Å². The predicted octanol–water partition coefficient (Wildman–Crippen LogP) is 1.81. The second-order valence-corrected chi connectivity index (χ2v) is 6.68. The smallest absolute Gasteiger partial charge is 0.307 e. The number of ether oxygens (including phenoxy) is 1. The van der Waals surface area contributed by atoms with Crippen molar-refractivity contribution < 1.29 is 14.6 Å². The lowest BCUT2D eigenvalue weighted by atomic mass is 9.83.